The van der Waals surface area contributed by atoms with Crippen LogP contribution in [0.1, 0.15) is 16.7 Å². The lowest BCUT2D eigenvalue weighted by atomic mass is 10.1. The molecule has 0 spiro atoms. The molecule has 3 aromatic rings. The number of halogens is 3. The summed E-state index contributed by atoms with van der Waals surface area (Å²) >= 11 is 0. The second-order valence-corrected chi connectivity index (χ2v) is 6.02. The van der Waals surface area contributed by atoms with Crippen molar-refractivity contribution in [2.45, 2.75) is 19.5 Å². The highest BCUT2D eigenvalue weighted by Crippen LogP contribution is 2.30. The molecule has 5 N–H and O–H groups in total. The summed E-state index contributed by atoms with van der Waals surface area (Å²) in [5.41, 5.74) is 12.6. The monoisotopic (exact) mass is 375 g/mol. The fourth-order valence-electron chi connectivity index (χ4n) is 2.81. The van der Waals surface area contributed by atoms with Gasteiger partial charge < -0.3 is 16.8 Å². The fourth-order valence-corrected chi connectivity index (χ4v) is 2.81. The summed E-state index contributed by atoms with van der Waals surface area (Å²) in [6.07, 6.45) is -4.66. The molecule has 3 rings (SSSR count). The van der Waals surface area contributed by atoms with Crippen molar-refractivity contribution in [3.63, 3.8) is 0 Å². The molecule has 1 amide bonds. The van der Waals surface area contributed by atoms with Gasteiger partial charge in [-0.15, -0.1) is 0 Å². The molecule has 0 saturated heterocycles. The number of benzene rings is 2. The highest BCUT2D eigenvalue weighted by Gasteiger charge is 2.30. The van der Waals surface area contributed by atoms with Crippen LogP contribution in [0.3, 0.4) is 0 Å². The minimum Gasteiger partial charge on any atom is -0.383 e. The van der Waals surface area contributed by atoms with Crippen molar-refractivity contribution >= 4 is 34.3 Å². The standard InChI is InChI=1S/C18H16F3N5O/c1-9-12(5-6-13-15(9)16(22)26-17(23)25-13)24-14(27)8-10-3-2-4-11(7-10)18(19,20)21/h2-7H,8H2,1H3,(H,24,27)(H4,22,23,25,26). The number of nitrogens with two attached hydrogens (primary N) is 2. The van der Waals surface area contributed by atoms with Gasteiger partial charge in [0.2, 0.25) is 11.9 Å². The van der Waals surface area contributed by atoms with Crippen molar-refractivity contribution in [3.8, 4) is 0 Å². The van der Waals surface area contributed by atoms with Gasteiger partial charge in [-0.2, -0.15) is 18.2 Å². The topological polar surface area (TPSA) is 107 Å². The summed E-state index contributed by atoms with van der Waals surface area (Å²) in [7, 11) is 0. The molecule has 0 aliphatic rings. The van der Waals surface area contributed by atoms with Crippen LogP contribution in [-0.2, 0) is 17.4 Å². The van der Waals surface area contributed by atoms with Crippen LogP contribution in [0.2, 0.25) is 0 Å². The second kappa shape index (κ2) is 6.75. The molecule has 1 aromatic heterocycles. The number of nitrogens with zero attached hydrogens (tertiary/aromatic N) is 2. The van der Waals surface area contributed by atoms with Crippen molar-refractivity contribution in [3.05, 3.63) is 53.1 Å². The molecule has 0 saturated carbocycles. The number of aromatic nitrogens is 2. The molecule has 9 heteroatoms. The third-order valence-electron chi connectivity index (χ3n) is 4.06. The minimum atomic E-state index is -4.46. The van der Waals surface area contributed by atoms with Crippen LogP contribution in [-0.4, -0.2) is 15.9 Å². The second-order valence-electron chi connectivity index (χ2n) is 6.02. The summed E-state index contributed by atoms with van der Waals surface area (Å²) < 4.78 is 38.4. The number of fused-ring (bicyclic) bond motifs is 1. The number of aryl methyl sites for hydroxylation is 1. The van der Waals surface area contributed by atoms with Gasteiger partial charge in [0.05, 0.1) is 17.5 Å². The summed E-state index contributed by atoms with van der Waals surface area (Å²) in [5.74, 6) is -0.226. The number of nitrogen functional groups attached to an aromatic ring is 2. The number of hydrogen-bond acceptors (Lipinski definition) is 5. The lowest BCUT2D eigenvalue weighted by Gasteiger charge is -2.13. The molecule has 6 nitrogen and oxygen atoms in total. The van der Waals surface area contributed by atoms with E-state index < -0.39 is 17.6 Å². The van der Waals surface area contributed by atoms with Crippen molar-refractivity contribution in [2.24, 2.45) is 0 Å². The normalized spacial score (nSPS) is 11.6. The Balaban J connectivity index is 1.84. The van der Waals surface area contributed by atoms with Gasteiger partial charge in [0.1, 0.15) is 5.82 Å². The van der Waals surface area contributed by atoms with E-state index >= 15 is 0 Å². The van der Waals surface area contributed by atoms with E-state index in [1.807, 2.05) is 0 Å². The third kappa shape index (κ3) is 3.91. The van der Waals surface area contributed by atoms with Gasteiger partial charge in [-0.1, -0.05) is 18.2 Å². The number of carbonyl (C=O) groups is 1. The van der Waals surface area contributed by atoms with E-state index in [-0.39, 0.29) is 23.8 Å². The number of amides is 1. The average molecular weight is 375 g/mol. The van der Waals surface area contributed by atoms with Crippen molar-refractivity contribution in [1.29, 1.82) is 0 Å². The predicted octanol–water partition coefficient (Wildman–Crippen LogP) is 3.30. The first-order valence-electron chi connectivity index (χ1n) is 7.93. The third-order valence-corrected chi connectivity index (χ3v) is 4.06. The zero-order valence-corrected chi connectivity index (χ0v) is 14.3. The first kappa shape index (κ1) is 18.4. The molecule has 0 radical (unpaired) electrons. The largest absolute Gasteiger partial charge is 0.416 e. The lowest BCUT2D eigenvalue weighted by molar-refractivity contribution is -0.137. The zero-order chi connectivity index (χ0) is 19.8. The minimum absolute atomic E-state index is 0.0423. The number of carbonyl (C=O) groups excluding carboxylic acids is 1. The first-order chi connectivity index (χ1) is 12.6. The van der Waals surface area contributed by atoms with Gasteiger partial charge in [0.25, 0.3) is 0 Å². The number of alkyl halides is 3. The Morgan fingerprint density at radius 2 is 1.89 bits per heavy atom. The molecular weight excluding hydrogens is 359 g/mol. The van der Waals surface area contributed by atoms with E-state index in [2.05, 4.69) is 15.3 Å². The first-order valence-corrected chi connectivity index (χ1v) is 7.93. The number of hydrogen-bond donors (Lipinski definition) is 3. The van der Waals surface area contributed by atoms with E-state index in [4.69, 9.17) is 11.5 Å². The molecule has 0 fully saturated rings. The SMILES string of the molecule is Cc1c(NC(=O)Cc2cccc(C(F)(F)F)c2)ccc2nc(N)nc(N)c12. The van der Waals surface area contributed by atoms with Gasteiger partial charge in [-0.05, 0) is 36.2 Å². The maximum atomic E-state index is 12.8. The molecule has 1 heterocycles. The van der Waals surface area contributed by atoms with Crippen molar-refractivity contribution < 1.29 is 18.0 Å². The molecule has 0 bridgehead atoms. The molecule has 0 unspecified atom stereocenters. The van der Waals surface area contributed by atoms with E-state index in [1.165, 1.54) is 12.1 Å². The van der Waals surface area contributed by atoms with E-state index in [1.54, 1.807) is 19.1 Å². The van der Waals surface area contributed by atoms with Gasteiger partial charge in [-0.3, -0.25) is 4.79 Å². The predicted molar refractivity (Wildman–Crippen MR) is 96.9 cm³/mol. The maximum Gasteiger partial charge on any atom is 0.416 e. The van der Waals surface area contributed by atoms with Crippen LogP contribution in [0.5, 0.6) is 0 Å². The van der Waals surface area contributed by atoms with Crippen LogP contribution >= 0.6 is 0 Å². The zero-order valence-electron chi connectivity index (χ0n) is 14.3. The fraction of sp³-hybridized carbons (Fsp3) is 0.167. The molecule has 0 aliphatic carbocycles. The molecule has 0 aliphatic heterocycles. The quantitative estimate of drug-likeness (QED) is 0.651. The van der Waals surface area contributed by atoms with Gasteiger partial charge in [-0.25, -0.2) is 4.98 Å². The Morgan fingerprint density at radius 1 is 1.15 bits per heavy atom. The summed E-state index contributed by atoms with van der Waals surface area (Å²) in [5, 5.41) is 3.24. The Labute approximate surface area is 152 Å². The highest BCUT2D eigenvalue weighted by molar-refractivity contribution is 6.00. The van der Waals surface area contributed by atoms with Crippen LogP contribution in [0.4, 0.5) is 30.6 Å². The smallest absolute Gasteiger partial charge is 0.383 e. The Morgan fingerprint density at radius 3 is 2.59 bits per heavy atom. The van der Waals surface area contributed by atoms with Crippen LogP contribution in [0.25, 0.3) is 10.9 Å². The Kier molecular flexibility index (Phi) is 4.61. The highest BCUT2D eigenvalue weighted by atomic mass is 19.4. The number of anilines is 3. The molecule has 27 heavy (non-hydrogen) atoms. The van der Waals surface area contributed by atoms with Crippen LogP contribution in [0.15, 0.2) is 36.4 Å². The van der Waals surface area contributed by atoms with Crippen LogP contribution in [0, 0.1) is 6.92 Å². The van der Waals surface area contributed by atoms with Crippen molar-refractivity contribution in [1.82, 2.24) is 9.97 Å². The summed E-state index contributed by atoms with van der Waals surface area (Å²) in [6.45, 7) is 1.73. The Bertz CT molecular complexity index is 1030. The van der Waals surface area contributed by atoms with Gasteiger partial charge in [0.15, 0.2) is 0 Å². The van der Waals surface area contributed by atoms with E-state index in [0.717, 1.165) is 12.1 Å². The van der Waals surface area contributed by atoms with Gasteiger partial charge >= 0.3 is 6.18 Å². The van der Waals surface area contributed by atoms with E-state index in [0.29, 0.717) is 22.2 Å². The maximum absolute atomic E-state index is 12.8. The summed E-state index contributed by atoms with van der Waals surface area (Å²) in [6, 6.07) is 7.93. The summed E-state index contributed by atoms with van der Waals surface area (Å²) in [4.78, 5) is 20.3. The van der Waals surface area contributed by atoms with Crippen LogP contribution < -0.4 is 16.8 Å². The average Bonchev–Trinajstić information content (AvgIpc) is 2.56. The molecule has 0 atom stereocenters. The Hall–Kier alpha value is -3.36. The molecule has 140 valence electrons. The number of nitrogens with one attached hydrogen (secondary N) is 1. The van der Waals surface area contributed by atoms with Crippen molar-refractivity contribution in [2.75, 3.05) is 16.8 Å². The van der Waals surface area contributed by atoms with E-state index in [9.17, 15) is 18.0 Å². The lowest BCUT2D eigenvalue weighted by Crippen LogP contribution is -2.16. The number of rotatable bonds is 3. The molecule has 2 aromatic carbocycles. The van der Waals surface area contributed by atoms with Gasteiger partial charge in [0, 0.05) is 11.1 Å². The molecular formula is C18H16F3N5O.